The number of nitriles is 1. The van der Waals surface area contributed by atoms with Gasteiger partial charge in [-0.05, 0) is 31.0 Å². The summed E-state index contributed by atoms with van der Waals surface area (Å²) in [5.41, 5.74) is 0.679. The molecule has 0 saturated heterocycles. The molecule has 2 aromatic rings. The first-order valence-corrected chi connectivity index (χ1v) is 6.72. The van der Waals surface area contributed by atoms with Crippen LogP contribution >= 0.6 is 0 Å². The third-order valence-corrected chi connectivity index (χ3v) is 3.57. The lowest BCUT2D eigenvalue weighted by atomic mass is 10.1. The van der Waals surface area contributed by atoms with Gasteiger partial charge in [-0.2, -0.15) is 5.26 Å². The van der Waals surface area contributed by atoms with Gasteiger partial charge in [0.1, 0.15) is 17.6 Å². The summed E-state index contributed by atoms with van der Waals surface area (Å²) in [7, 11) is 0. The molecule has 1 aliphatic carbocycles. The lowest BCUT2D eigenvalue weighted by Crippen LogP contribution is -2.25. The van der Waals surface area contributed by atoms with Gasteiger partial charge in [-0.25, -0.2) is 4.39 Å². The molecule has 0 spiro atoms. The average molecular weight is 270 g/mol. The van der Waals surface area contributed by atoms with Crippen molar-refractivity contribution in [3.63, 3.8) is 0 Å². The van der Waals surface area contributed by atoms with Crippen molar-refractivity contribution in [2.24, 2.45) is 0 Å². The molecule has 0 unspecified atom stereocenters. The van der Waals surface area contributed by atoms with E-state index < -0.39 is 5.82 Å². The summed E-state index contributed by atoms with van der Waals surface area (Å²) in [6.07, 6.45) is 3.93. The van der Waals surface area contributed by atoms with Gasteiger partial charge in [0.05, 0.1) is 18.4 Å². The van der Waals surface area contributed by atoms with Gasteiger partial charge in [-0.15, -0.1) is 0 Å². The van der Waals surface area contributed by atoms with Crippen LogP contribution in [0.2, 0.25) is 0 Å². The summed E-state index contributed by atoms with van der Waals surface area (Å²) in [4.78, 5) is 2.21. The molecule has 0 aliphatic heterocycles. The van der Waals surface area contributed by atoms with Crippen molar-refractivity contribution in [1.82, 2.24) is 4.90 Å². The van der Waals surface area contributed by atoms with E-state index >= 15 is 0 Å². The second-order valence-corrected chi connectivity index (χ2v) is 5.11. The van der Waals surface area contributed by atoms with Crippen LogP contribution in [0.25, 0.3) is 0 Å². The van der Waals surface area contributed by atoms with Crippen molar-refractivity contribution in [3.8, 4) is 6.07 Å². The molecule has 1 saturated carbocycles. The van der Waals surface area contributed by atoms with Gasteiger partial charge in [0.15, 0.2) is 0 Å². The highest BCUT2D eigenvalue weighted by Gasteiger charge is 2.30. The van der Waals surface area contributed by atoms with E-state index in [2.05, 4.69) is 4.90 Å². The van der Waals surface area contributed by atoms with Crippen molar-refractivity contribution in [3.05, 3.63) is 59.3 Å². The summed E-state index contributed by atoms with van der Waals surface area (Å²) in [5, 5.41) is 8.89. The van der Waals surface area contributed by atoms with Crippen LogP contribution in [0.5, 0.6) is 0 Å². The van der Waals surface area contributed by atoms with Gasteiger partial charge in [-0.3, -0.25) is 4.90 Å². The van der Waals surface area contributed by atoms with Crippen molar-refractivity contribution in [2.75, 3.05) is 0 Å². The SMILES string of the molecule is N#Cc1cccc(CN(Cc2ccco2)C2CC2)c1F. The Hall–Kier alpha value is -2.12. The van der Waals surface area contributed by atoms with Crippen LogP contribution in [-0.2, 0) is 13.1 Å². The monoisotopic (exact) mass is 270 g/mol. The van der Waals surface area contributed by atoms with E-state index in [-0.39, 0.29) is 5.56 Å². The normalized spacial score (nSPS) is 14.4. The number of hydrogen-bond acceptors (Lipinski definition) is 3. The highest BCUT2D eigenvalue weighted by atomic mass is 19.1. The van der Waals surface area contributed by atoms with Crippen molar-refractivity contribution >= 4 is 0 Å². The third kappa shape index (κ3) is 2.73. The van der Waals surface area contributed by atoms with Crippen LogP contribution in [0.4, 0.5) is 4.39 Å². The standard InChI is InChI=1S/C16H15FN2O/c17-16-12(9-18)3-1-4-13(16)10-19(14-6-7-14)11-15-5-2-8-20-15/h1-5,8,14H,6-7,10-11H2. The smallest absolute Gasteiger partial charge is 0.145 e. The Bertz CT molecular complexity index is 626. The molecule has 20 heavy (non-hydrogen) atoms. The van der Waals surface area contributed by atoms with E-state index in [0.29, 0.717) is 24.7 Å². The molecule has 1 aliphatic rings. The van der Waals surface area contributed by atoms with E-state index in [4.69, 9.17) is 9.68 Å². The number of hydrogen-bond donors (Lipinski definition) is 0. The lowest BCUT2D eigenvalue weighted by Gasteiger charge is -2.21. The van der Waals surface area contributed by atoms with Gasteiger partial charge < -0.3 is 4.42 Å². The second kappa shape index (κ2) is 5.48. The van der Waals surface area contributed by atoms with Crippen LogP contribution in [0.15, 0.2) is 41.0 Å². The van der Waals surface area contributed by atoms with Gasteiger partial charge in [-0.1, -0.05) is 12.1 Å². The molecule has 1 heterocycles. The minimum atomic E-state index is -0.403. The van der Waals surface area contributed by atoms with Crippen LogP contribution in [0, 0.1) is 17.1 Å². The number of halogens is 1. The molecule has 0 bridgehead atoms. The summed E-state index contributed by atoms with van der Waals surface area (Å²) in [6, 6.07) is 11.1. The van der Waals surface area contributed by atoms with Crippen LogP contribution in [0.1, 0.15) is 29.7 Å². The van der Waals surface area contributed by atoms with Crippen LogP contribution in [0.3, 0.4) is 0 Å². The fourth-order valence-corrected chi connectivity index (χ4v) is 2.36. The van der Waals surface area contributed by atoms with Gasteiger partial charge in [0, 0.05) is 18.2 Å². The third-order valence-electron chi connectivity index (χ3n) is 3.57. The molecule has 1 aromatic carbocycles. The molecule has 0 amide bonds. The van der Waals surface area contributed by atoms with Gasteiger partial charge in [0.25, 0.3) is 0 Å². The van der Waals surface area contributed by atoms with E-state index in [1.165, 1.54) is 6.07 Å². The number of nitrogens with zero attached hydrogens (tertiary/aromatic N) is 2. The molecule has 1 fully saturated rings. The Labute approximate surface area is 117 Å². The Morgan fingerprint density at radius 2 is 2.10 bits per heavy atom. The zero-order valence-electron chi connectivity index (χ0n) is 11.1. The summed E-state index contributed by atoms with van der Waals surface area (Å²) in [5.74, 6) is 0.480. The first-order chi connectivity index (χ1) is 9.78. The fraction of sp³-hybridized carbons (Fsp3) is 0.312. The maximum atomic E-state index is 14.1. The minimum absolute atomic E-state index is 0.108. The highest BCUT2D eigenvalue weighted by molar-refractivity contribution is 5.35. The maximum absolute atomic E-state index is 14.1. The quantitative estimate of drug-likeness (QED) is 0.835. The van der Waals surface area contributed by atoms with Crippen LogP contribution in [-0.4, -0.2) is 10.9 Å². The highest BCUT2D eigenvalue weighted by Crippen LogP contribution is 2.30. The zero-order chi connectivity index (χ0) is 13.9. The van der Waals surface area contributed by atoms with E-state index in [1.807, 2.05) is 18.2 Å². The first kappa shape index (κ1) is 12.9. The summed E-state index contributed by atoms with van der Waals surface area (Å²) < 4.78 is 19.5. The van der Waals surface area contributed by atoms with Gasteiger partial charge in [0.2, 0.25) is 0 Å². The Morgan fingerprint density at radius 1 is 1.25 bits per heavy atom. The summed E-state index contributed by atoms with van der Waals surface area (Å²) >= 11 is 0. The number of furan rings is 1. The Balaban J connectivity index is 1.78. The summed E-state index contributed by atoms with van der Waals surface area (Å²) in [6.45, 7) is 1.18. The number of benzene rings is 1. The predicted molar refractivity (Wildman–Crippen MR) is 72.1 cm³/mol. The molecule has 1 aromatic heterocycles. The number of rotatable bonds is 5. The molecule has 102 valence electrons. The van der Waals surface area contributed by atoms with Crippen LogP contribution < -0.4 is 0 Å². The van der Waals surface area contributed by atoms with E-state index in [9.17, 15) is 4.39 Å². The largest absolute Gasteiger partial charge is 0.468 e. The molecular weight excluding hydrogens is 255 g/mol. The van der Waals surface area contributed by atoms with E-state index in [1.54, 1.807) is 18.4 Å². The van der Waals surface area contributed by atoms with Crippen molar-refractivity contribution < 1.29 is 8.81 Å². The molecule has 3 rings (SSSR count). The molecule has 0 N–H and O–H groups in total. The fourth-order valence-electron chi connectivity index (χ4n) is 2.36. The predicted octanol–water partition coefficient (Wildman–Crippen LogP) is 3.45. The minimum Gasteiger partial charge on any atom is -0.468 e. The molecule has 4 heteroatoms. The molecule has 3 nitrogen and oxygen atoms in total. The van der Waals surface area contributed by atoms with Crippen molar-refractivity contribution in [2.45, 2.75) is 32.0 Å². The first-order valence-electron chi connectivity index (χ1n) is 6.72. The maximum Gasteiger partial charge on any atom is 0.145 e. The van der Waals surface area contributed by atoms with Crippen molar-refractivity contribution in [1.29, 1.82) is 5.26 Å². The average Bonchev–Trinajstić information content (AvgIpc) is 3.18. The Kier molecular flexibility index (Phi) is 3.53. The molecular formula is C16H15FN2O. The Morgan fingerprint density at radius 3 is 2.75 bits per heavy atom. The second-order valence-electron chi connectivity index (χ2n) is 5.11. The van der Waals surface area contributed by atoms with Gasteiger partial charge >= 0.3 is 0 Å². The lowest BCUT2D eigenvalue weighted by molar-refractivity contribution is 0.222. The van der Waals surface area contributed by atoms with E-state index in [0.717, 1.165) is 18.6 Å². The molecule has 0 atom stereocenters. The molecule has 0 radical (unpaired) electrons. The topological polar surface area (TPSA) is 40.2 Å². The zero-order valence-corrected chi connectivity index (χ0v) is 11.1.